The quantitative estimate of drug-likeness (QED) is 0.667. The maximum atomic E-state index is 11.2. The van der Waals surface area contributed by atoms with E-state index in [1.165, 1.54) is 0 Å². The second-order valence-electron chi connectivity index (χ2n) is 3.00. The highest BCUT2D eigenvalue weighted by Crippen LogP contribution is 1.96. The van der Waals surface area contributed by atoms with Gasteiger partial charge < -0.3 is 15.2 Å². The summed E-state index contributed by atoms with van der Waals surface area (Å²) >= 11 is 0. The van der Waals surface area contributed by atoms with Gasteiger partial charge in [0.15, 0.2) is 5.82 Å². The number of carbonyl (C=O) groups is 2. The third-order valence-corrected chi connectivity index (χ3v) is 1.77. The maximum Gasteiger partial charge on any atom is 0.309 e. The van der Waals surface area contributed by atoms with E-state index in [1.54, 1.807) is 6.92 Å². The molecule has 1 rings (SSSR count). The van der Waals surface area contributed by atoms with E-state index >= 15 is 0 Å². The third-order valence-electron chi connectivity index (χ3n) is 1.77. The minimum absolute atomic E-state index is 0.0585. The van der Waals surface area contributed by atoms with Crippen LogP contribution in [0.3, 0.4) is 0 Å². The number of hydrogen-bond donors (Lipinski definition) is 2. The lowest BCUT2D eigenvalue weighted by atomic mass is 10.4. The average molecular weight is 226 g/mol. The Kier molecular flexibility index (Phi) is 4.43. The fraction of sp³-hybridized carbons (Fsp3) is 0.556. The van der Waals surface area contributed by atoms with E-state index in [9.17, 15) is 9.59 Å². The Morgan fingerprint density at radius 3 is 2.50 bits per heavy atom. The molecule has 0 spiro atoms. The van der Waals surface area contributed by atoms with Gasteiger partial charge in [-0.3, -0.25) is 9.59 Å². The van der Waals surface area contributed by atoms with Crippen LogP contribution in [-0.2, 0) is 22.6 Å². The minimum Gasteiger partial charge on any atom is -0.348 e. The fourth-order valence-corrected chi connectivity index (χ4v) is 0.983. The number of hydrogen-bond acceptors (Lipinski definition) is 5. The molecule has 0 aromatic carbocycles. The molecule has 0 atom stereocenters. The zero-order valence-corrected chi connectivity index (χ0v) is 9.24. The highest BCUT2D eigenvalue weighted by atomic mass is 16.5. The molecule has 7 nitrogen and oxygen atoms in total. The Morgan fingerprint density at radius 2 is 1.94 bits per heavy atom. The van der Waals surface area contributed by atoms with Crippen LogP contribution in [0, 0.1) is 0 Å². The molecule has 1 aromatic heterocycles. The van der Waals surface area contributed by atoms with Crippen LogP contribution in [0.1, 0.15) is 25.6 Å². The first-order valence-corrected chi connectivity index (χ1v) is 5.04. The predicted molar refractivity (Wildman–Crippen MR) is 54.2 cm³/mol. The molecule has 1 heterocycles. The molecule has 0 fully saturated rings. The molecule has 0 aliphatic carbocycles. The second kappa shape index (κ2) is 5.84. The van der Waals surface area contributed by atoms with Crippen LogP contribution in [0.25, 0.3) is 0 Å². The van der Waals surface area contributed by atoms with E-state index in [0.717, 1.165) is 0 Å². The van der Waals surface area contributed by atoms with Crippen molar-refractivity contribution in [2.75, 3.05) is 6.54 Å². The number of aryl methyl sites for hydroxylation is 1. The molecule has 2 amide bonds. The normalized spacial score (nSPS) is 9.88. The van der Waals surface area contributed by atoms with Gasteiger partial charge in [0, 0.05) is 13.0 Å². The van der Waals surface area contributed by atoms with E-state index in [0.29, 0.717) is 18.8 Å². The molecule has 0 bridgehead atoms. The number of likely N-dealkylation sites (N-methyl/N-ethyl adjacent to an activating group) is 1. The lowest BCUT2D eigenvalue weighted by Crippen LogP contribution is -2.39. The van der Waals surface area contributed by atoms with Crippen LogP contribution in [0.2, 0.25) is 0 Å². The smallest absolute Gasteiger partial charge is 0.309 e. The number of nitrogens with zero attached hydrogens (tertiary/aromatic N) is 2. The minimum atomic E-state index is -0.710. The summed E-state index contributed by atoms with van der Waals surface area (Å²) < 4.78 is 4.84. The van der Waals surface area contributed by atoms with Gasteiger partial charge in [0.25, 0.3) is 0 Å². The molecule has 0 saturated heterocycles. The fourth-order valence-electron chi connectivity index (χ4n) is 0.983. The van der Waals surface area contributed by atoms with E-state index in [2.05, 4.69) is 20.8 Å². The molecule has 0 radical (unpaired) electrons. The first-order chi connectivity index (χ1) is 7.67. The van der Waals surface area contributed by atoms with Gasteiger partial charge in [0.1, 0.15) is 0 Å². The molecule has 0 saturated carbocycles. The van der Waals surface area contributed by atoms with Crippen LogP contribution in [0.15, 0.2) is 4.52 Å². The van der Waals surface area contributed by atoms with Crippen LogP contribution in [-0.4, -0.2) is 28.5 Å². The molecular weight excluding hydrogens is 212 g/mol. The van der Waals surface area contributed by atoms with Crippen LogP contribution >= 0.6 is 0 Å². The summed E-state index contributed by atoms with van der Waals surface area (Å²) in [5.41, 5.74) is 0. The highest BCUT2D eigenvalue weighted by Gasteiger charge is 2.13. The molecule has 7 heteroatoms. The highest BCUT2D eigenvalue weighted by molar-refractivity contribution is 6.35. The summed E-state index contributed by atoms with van der Waals surface area (Å²) in [5.74, 6) is -0.521. The van der Waals surface area contributed by atoms with Gasteiger partial charge in [-0.1, -0.05) is 12.1 Å². The van der Waals surface area contributed by atoms with Crippen molar-refractivity contribution in [2.45, 2.75) is 26.8 Å². The van der Waals surface area contributed by atoms with E-state index < -0.39 is 11.8 Å². The summed E-state index contributed by atoms with van der Waals surface area (Å²) in [6, 6.07) is 0. The topological polar surface area (TPSA) is 97.1 Å². The largest absolute Gasteiger partial charge is 0.348 e. The first kappa shape index (κ1) is 12.2. The van der Waals surface area contributed by atoms with Crippen molar-refractivity contribution in [1.29, 1.82) is 0 Å². The summed E-state index contributed by atoms with van der Waals surface area (Å²) in [6.07, 6.45) is 0.660. The Morgan fingerprint density at radius 1 is 1.25 bits per heavy atom. The Bertz CT molecular complexity index is 375. The summed E-state index contributed by atoms with van der Waals surface area (Å²) in [6.45, 7) is 4.09. The summed E-state index contributed by atoms with van der Waals surface area (Å²) in [4.78, 5) is 26.2. The van der Waals surface area contributed by atoms with Crippen LogP contribution < -0.4 is 10.6 Å². The first-order valence-electron chi connectivity index (χ1n) is 5.04. The van der Waals surface area contributed by atoms with E-state index in [4.69, 9.17) is 4.52 Å². The van der Waals surface area contributed by atoms with Gasteiger partial charge in [-0.25, -0.2) is 0 Å². The van der Waals surface area contributed by atoms with Gasteiger partial charge >= 0.3 is 11.8 Å². The molecule has 2 N–H and O–H groups in total. The molecule has 1 aromatic rings. The molecular formula is C9H14N4O3. The third kappa shape index (κ3) is 3.34. The Labute approximate surface area is 92.6 Å². The number of nitrogens with one attached hydrogen (secondary N) is 2. The SMILES string of the molecule is CCNC(=O)C(=O)NCc1nc(CC)no1. The van der Waals surface area contributed by atoms with E-state index in [1.807, 2.05) is 6.92 Å². The predicted octanol–water partition coefficient (Wildman–Crippen LogP) is -0.616. The van der Waals surface area contributed by atoms with Crippen molar-refractivity contribution in [3.63, 3.8) is 0 Å². The van der Waals surface area contributed by atoms with Gasteiger partial charge in [-0.05, 0) is 6.92 Å². The number of carbonyl (C=O) groups excluding carboxylic acids is 2. The van der Waals surface area contributed by atoms with Crippen LogP contribution in [0.4, 0.5) is 0 Å². The molecule has 0 unspecified atom stereocenters. The Balaban J connectivity index is 2.39. The lowest BCUT2D eigenvalue weighted by Gasteiger charge is -2.01. The number of rotatable bonds is 4. The van der Waals surface area contributed by atoms with Crippen molar-refractivity contribution >= 4 is 11.8 Å². The van der Waals surface area contributed by atoms with Gasteiger partial charge in [-0.2, -0.15) is 4.98 Å². The standard InChI is InChI=1S/C9H14N4O3/c1-3-6-12-7(16-13-6)5-11-9(15)8(14)10-4-2/h3-5H2,1-2H3,(H,10,14)(H,11,15). The second-order valence-corrected chi connectivity index (χ2v) is 3.00. The molecule has 16 heavy (non-hydrogen) atoms. The van der Waals surface area contributed by atoms with Gasteiger partial charge in [-0.15, -0.1) is 0 Å². The van der Waals surface area contributed by atoms with Crippen molar-refractivity contribution in [1.82, 2.24) is 20.8 Å². The van der Waals surface area contributed by atoms with Crippen molar-refractivity contribution in [3.8, 4) is 0 Å². The summed E-state index contributed by atoms with van der Waals surface area (Å²) in [7, 11) is 0. The average Bonchev–Trinajstić information content (AvgIpc) is 2.74. The lowest BCUT2D eigenvalue weighted by molar-refractivity contribution is -0.139. The zero-order valence-electron chi connectivity index (χ0n) is 9.24. The van der Waals surface area contributed by atoms with E-state index in [-0.39, 0.29) is 12.4 Å². The Hall–Kier alpha value is -1.92. The number of aromatic nitrogens is 2. The van der Waals surface area contributed by atoms with Crippen molar-refractivity contribution < 1.29 is 14.1 Å². The molecule has 88 valence electrons. The molecule has 0 aliphatic rings. The molecule has 0 aliphatic heterocycles. The summed E-state index contributed by atoms with van der Waals surface area (Å²) in [5, 5.41) is 8.41. The van der Waals surface area contributed by atoms with Crippen molar-refractivity contribution in [2.24, 2.45) is 0 Å². The zero-order chi connectivity index (χ0) is 12.0. The monoisotopic (exact) mass is 226 g/mol. The van der Waals surface area contributed by atoms with Gasteiger partial charge in [0.05, 0.1) is 6.54 Å². The van der Waals surface area contributed by atoms with Crippen molar-refractivity contribution in [3.05, 3.63) is 11.7 Å². The maximum absolute atomic E-state index is 11.2. The number of amides is 2. The van der Waals surface area contributed by atoms with Crippen LogP contribution in [0.5, 0.6) is 0 Å². The van der Waals surface area contributed by atoms with Gasteiger partial charge in [0.2, 0.25) is 5.89 Å².